The molecule has 0 amide bonds. The summed E-state index contributed by atoms with van der Waals surface area (Å²) >= 11 is 0. The molecular weight excluding hydrogens is 306 g/mol. The lowest BCUT2D eigenvalue weighted by Crippen LogP contribution is -2.26. The van der Waals surface area contributed by atoms with E-state index in [1.54, 1.807) is 0 Å². The normalized spacial score (nSPS) is 13.2. The molecule has 0 radical (unpaired) electrons. The summed E-state index contributed by atoms with van der Waals surface area (Å²) in [7, 11) is 0. The molecule has 0 aromatic heterocycles. The molecule has 0 heterocycles. The molecule has 1 N–H and O–H groups in total. The van der Waals surface area contributed by atoms with E-state index in [1.165, 1.54) is 90.1 Å². The minimum Gasteiger partial charge on any atom is -0.389 e. The molecule has 150 valence electrons. The first-order valence-electron chi connectivity index (χ1n) is 11.3. The van der Waals surface area contributed by atoms with Gasteiger partial charge in [0, 0.05) is 6.54 Å². The Labute approximate surface area is 159 Å². The van der Waals surface area contributed by atoms with Crippen molar-refractivity contribution in [3.8, 4) is 0 Å². The van der Waals surface area contributed by atoms with Crippen LogP contribution >= 0.6 is 0 Å². The maximum Gasteiger partial charge on any atom is 0.0721 e. The van der Waals surface area contributed by atoms with E-state index >= 15 is 0 Å². The van der Waals surface area contributed by atoms with Crippen molar-refractivity contribution in [2.75, 3.05) is 19.6 Å². The van der Waals surface area contributed by atoms with Crippen LogP contribution in [0.4, 0.5) is 0 Å². The van der Waals surface area contributed by atoms with E-state index in [1.807, 2.05) is 6.08 Å². The SMILES string of the molecule is CCCCCCCCN(C/C=C/C(O)CCC)CCCCCCCC. The van der Waals surface area contributed by atoms with Crippen LogP contribution in [0.15, 0.2) is 12.2 Å². The lowest BCUT2D eigenvalue weighted by Gasteiger charge is -2.21. The van der Waals surface area contributed by atoms with Gasteiger partial charge in [0.25, 0.3) is 0 Å². The first-order chi connectivity index (χ1) is 12.2. The van der Waals surface area contributed by atoms with Crippen LogP contribution in [0, 0.1) is 0 Å². The molecule has 25 heavy (non-hydrogen) atoms. The Bertz CT molecular complexity index is 261. The fourth-order valence-corrected chi connectivity index (χ4v) is 3.28. The van der Waals surface area contributed by atoms with Crippen molar-refractivity contribution in [1.29, 1.82) is 0 Å². The molecule has 0 fully saturated rings. The average molecular weight is 354 g/mol. The Hall–Kier alpha value is -0.340. The van der Waals surface area contributed by atoms with Crippen molar-refractivity contribution < 1.29 is 5.11 Å². The van der Waals surface area contributed by atoms with Crippen LogP contribution in [0.5, 0.6) is 0 Å². The van der Waals surface area contributed by atoms with Crippen LogP contribution in [0.3, 0.4) is 0 Å². The van der Waals surface area contributed by atoms with Gasteiger partial charge in [-0.15, -0.1) is 0 Å². The van der Waals surface area contributed by atoms with Crippen molar-refractivity contribution >= 4 is 0 Å². The third-order valence-corrected chi connectivity index (χ3v) is 4.96. The molecule has 2 heteroatoms. The van der Waals surface area contributed by atoms with Gasteiger partial charge in [-0.3, -0.25) is 4.90 Å². The largest absolute Gasteiger partial charge is 0.389 e. The molecule has 1 unspecified atom stereocenters. The molecule has 0 spiro atoms. The summed E-state index contributed by atoms with van der Waals surface area (Å²) in [6.45, 7) is 10.1. The van der Waals surface area contributed by atoms with E-state index < -0.39 is 0 Å². The Balaban J connectivity index is 3.99. The van der Waals surface area contributed by atoms with Crippen molar-refractivity contribution in [3.63, 3.8) is 0 Å². The number of hydrogen-bond acceptors (Lipinski definition) is 2. The van der Waals surface area contributed by atoms with E-state index in [9.17, 15) is 5.11 Å². The highest BCUT2D eigenvalue weighted by atomic mass is 16.3. The standard InChI is InChI=1S/C23H47NO/c1-4-7-9-11-13-15-20-24(21-16-14-12-10-8-5-2)22-17-19-23(25)18-6-3/h17,19,23,25H,4-16,18,20-22H2,1-3H3/b19-17+. The molecular formula is C23H47NO. The summed E-state index contributed by atoms with van der Waals surface area (Å²) in [6.07, 6.45) is 22.3. The molecule has 0 aromatic carbocycles. The van der Waals surface area contributed by atoms with E-state index in [2.05, 4.69) is 31.7 Å². The van der Waals surface area contributed by atoms with Gasteiger partial charge < -0.3 is 5.11 Å². The van der Waals surface area contributed by atoms with Crippen LogP contribution in [-0.4, -0.2) is 35.7 Å². The van der Waals surface area contributed by atoms with Crippen molar-refractivity contribution in [2.24, 2.45) is 0 Å². The maximum absolute atomic E-state index is 9.85. The number of aliphatic hydroxyl groups excluding tert-OH is 1. The smallest absolute Gasteiger partial charge is 0.0721 e. The number of aliphatic hydroxyl groups is 1. The summed E-state index contributed by atoms with van der Waals surface area (Å²) < 4.78 is 0. The van der Waals surface area contributed by atoms with Crippen LogP contribution < -0.4 is 0 Å². The van der Waals surface area contributed by atoms with Crippen LogP contribution in [0.1, 0.15) is 111 Å². The maximum atomic E-state index is 9.85. The highest BCUT2D eigenvalue weighted by Crippen LogP contribution is 2.09. The van der Waals surface area contributed by atoms with Gasteiger partial charge in [0.15, 0.2) is 0 Å². The van der Waals surface area contributed by atoms with E-state index in [0.29, 0.717) is 0 Å². The zero-order valence-electron chi connectivity index (χ0n) is 17.6. The highest BCUT2D eigenvalue weighted by Gasteiger charge is 2.04. The lowest BCUT2D eigenvalue weighted by atomic mass is 10.1. The predicted molar refractivity (Wildman–Crippen MR) is 113 cm³/mol. The first kappa shape index (κ1) is 24.7. The summed E-state index contributed by atoms with van der Waals surface area (Å²) in [5, 5.41) is 9.85. The molecule has 2 nitrogen and oxygen atoms in total. The minimum atomic E-state index is -0.255. The number of hydrogen-bond donors (Lipinski definition) is 1. The molecule has 1 atom stereocenters. The molecule has 0 rings (SSSR count). The molecule has 0 saturated carbocycles. The van der Waals surface area contributed by atoms with Crippen LogP contribution in [-0.2, 0) is 0 Å². The Morgan fingerprint density at radius 1 is 0.680 bits per heavy atom. The quantitative estimate of drug-likeness (QED) is 0.206. The molecule has 0 bridgehead atoms. The zero-order valence-corrected chi connectivity index (χ0v) is 17.6. The average Bonchev–Trinajstić information content (AvgIpc) is 2.60. The zero-order chi connectivity index (χ0) is 18.6. The minimum absolute atomic E-state index is 0.255. The van der Waals surface area contributed by atoms with Gasteiger partial charge >= 0.3 is 0 Å². The van der Waals surface area contributed by atoms with Gasteiger partial charge in [0.05, 0.1) is 6.10 Å². The predicted octanol–water partition coefficient (Wildman–Crippen LogP) is 6.73. The Morgan fingerprint density at radius 2 is 1.16 bits per heavy atom. The summed E-state index contributed by atoms with van der Waals surface area (Å²) in [6, 6.07) is 0. The highest BCUT2D eigenvalue weighted by molar-refractivity contribution is 4.90. The lowest BCUT2D eigenvalue weighted by molar-refractivity contribution is 0.210. The van der Waals surface area contributed by atoms with Crippen LogP contribution in [0.2, 0.25) is 0 Å². The van der Waals surface area contributed by atoms with Crippen molar-refractivity contribution in [2.45, 2.75) is 117 Å². The van der Waals surface area contributed by atoms with Crippen molar-refractivity contribution in [3.05, 3.63) is 12.2 Å². The van der Waals surface area contributed by atoms with E-state index in [0.717, 1.165) is 19.4 Å². The van der Waals surface area contributed by atoms with E-state index in [4.69, 9.17) is 0 Å². The molecule has 0 saturated heterocycles. The Kier molecular flexibility index (Phi) is 19.7. The van der Waals surface area contributed by atoms with Gasteiger partial charge in [0.1, 0.15) is 0 Å². The second-order valence-corrected chi connectivity index (χ2v) is 7.62. The number of nitrogens with zero attached hydrogens (tertiary/aromatic N) is 1. The van der Waals surface area contributed by atoms with Gasteiger partial charge in [-0.05, 0) is 32.4 Å². The third-order valence-electron chi connectivity index (χ3n) is 4.96. The second-order valence-electron chi connectivity index (χ2n) is 7.62. The first-order valence-corrected chi connectivity index (χ1v) is 11.3. The fourth-order valence-electron chi connectivity index (χ4n) is 3.28. The summed E-state index contributed by atoms with van der Waals surface area (Å²) in [4.78, 5) is 2.59. The topological polar surface area (TPSA) is 23.5 Å². The molecule has 0 aliphatic carbocycles. The van der Waals surface area contributed by atoms with Gasteiger partial charge in [0.2, 0.25) is 0 Å². The summed E-state index contributed by atoms with van der Waals surface area (Å²) in [5.74, 6) is 0. The van der Waals surface area contributed by atoms with Gasteiger partial charge in [-0.1, -0.05) is 104 Å². The number of rotatable bonds is 19. The van der Waals surface area contributed by atoms with Crippen molar-refractivity contribution in [1.82, 2.24) is 4.90 Å². The van der Waals surface area contributed by atoms with Gasteiger partial charge in [-0.2, -0.15) is 0 Å². The summed E-state index contributed by atoms with van der Waals surface area (Å²) in [5.41, 5.74) is 0. The fraction of sp³-hybridized carbons (Fsp3) is 0.913. The molecule has 0 aliphatic rings. The third kappa shape index (κ3) is 18.3. The second kappa shape index (κ2) is 20.0. The number of unbranched alkanes of at least 4 members (excludes halogenated alkanes) is 10. The molecule has 0 aliphatic heterocycles. The monoisotopic (exact) mass is 353 g/mol. The van der Waals surface area contributed by atoms with E-state index in [-0.39, 0.29) is 6.10 Å². The van der Waals surface area contributed by atoms with Gasteiger partial charge in [-0.25, -0.2) is 0 Å². The van der Waals surface area contributed by atoms with Crippen LogP contribution in [0.25, 0.3) is 0 Å². The Morgan fingerprint density at radius 3 is 1.64 bits per heavy atom. The molecule has 0 aromatic rings.